The van der Waals surface area contributed by atoms with E-state index >= 15 is 0 Å². The highest BCUT2D eigenvalue weighted by molar-refractivity contribution is 6.31. The van der Waals surface area contributed by atoms with E-state index in [1.807, 2.05) is 18.2 Å². The topological polar surface area (TPSA) is 52.5 Å². The second-order valence-electron chi connectivity index (χ2n) is 4.90. The number of hydrogen-bond acceptors (Lipinski definition) is 3. The lowest BCUT2D eigenvalue weighted by molar-refractivity contribution is 0.0798. The van der Waals surface area contributed by atoms with Crippen molar-refractivity contribution in [2.45, 2.75) is 43.9 Å². The van der Waals surface area contributed by atoms with Crippen LogP contribution in [0.4, 0.5) is 0 Å². The fourth-order valence-electron chi connectivity index (χ4n) is 2.47. The van der Waals surface area contributed by atoms with E-state index in [1.54, 1.807) is 6.07 Å². The van der Waals surface area contributed by atoms with Gasteiger partial charge in [-0.25, -0.2) is 0 Å². The molecule has 100 valence electrons. The van der Waals surface area contributed by atoms with Crippen LogP contribution in [0.15, 0.2) is 24.3 Å². The van der Waals surface area contributed by atoms with Crippen LogP contribution in [0.3, 0.4) is 0 Å². The molecule has 0 amide bonds. The Hall–Kier alpha value is -0.610. The quantitative estimate of drug-likeness (QED) is 0.786. The van der Waals surface area contributed by atoms with E-state index in [-0.39, 0.29) is 12.1 Å². The van der Waals surface area contributed by atoms with E-state index in [4.69, 9.17) is 11.6 Å². The molecule has 0 aliphatic heterocycles. The van der Waals surface area contributed by atoms with Crippen molar-refractivity contribution >= 4 is 11.6 Å². The zero-order valence-corrected chi connectivity index (χ0v) is 11.1. The van der Waals surface area contributed by atoms with Crippen molar-refractivity contribution in [2.24, 2.45) is 0 Å². The first-order chi connectivity index (χ1) is 8.68. The summed E-state index contributed by atoms with van der Waals surface area (Å²) in [6.45, 7) is 0.422. The maximum atomic E-state index is 10.1. The standard InChI is InChI=1S/C14H20ClNO2/c15-11-6-2-1-5-10(11)14(18)9-16-12-7-3-4-8-13(12)17/h1-2,5-6,12-14,16-18H,3-4,7-9H2. The summed E-state index contributed by atoms with van der Waals surface area (Å²) in [5, 5.41) is 23.7. The summed E-state index contributed by atoms with van der Waals surface area (Å²) in [4.78, 5) is 0. The molecule has 0 heterocycles. The maximum Gasteiger partial charge on any atom is 0.0928 e. The molecular formula is C14H20ClNO2. The summed E-state index contributed by atoms with van der Waals surface area (Å²) in [5.41, 5.74) is 0.733. The Kier molecular flexibility index (Phi) is 5.01. The van der Waals surface area contributed by atoms with Gasteiger partial charge in [-0.2, -0.15) is 0 Å². The van der Waals surface area contributed by atoms with Gasteiger partial charge in [0, 0.05) is 23.2 Å². The van der Waals surface area contributed by atoms with Crippen LogP contribution >= 0.6 is 11.6 Å². The predicted molar refractivity (Wildman–Crippen MR) is 72.7 cm³/mol. The van der Waals surface area contributed by atoms with Crippen molar-refractivity contribution in [3.8, 4) is 0 Å². The molecule has 0 radical (unpaired) electrons. The fourth-order valence-corrected chi connectivity index (χ4v) is 2.73. The average Bonchev–Trinajstić information content (AvgIpc) is 2.38. The molecule has 4 heteroatoms. The minimum atomic E-state index is -0.632. The number of aliphatic hydroxyl groups is 2. The van der Waals surface area contributed by atoms with Crippen LogP contribution in [0.25, 0.3) is 0 Å². The Morgan fingerprint density at radius 2 is 2.00 bits per heavy atom. The smallest absolute Gasteiger partial charge is 0.0928 e. The first-order valence-electron chi connectivity index (χ1n) is 6.52. The largest absolute Gasteiger partial charge is 0.392 e. The number of halogens is 1. The third kappa shape index (κ3) is 3.45. The monoisotopic (exact) mass is 269 g/mol. The van der Waals surface area contributed by atoms with Gasteiger partial charge in [-0.3, -0.25) is 0 Å². The highest BCUT2D eigenvalue weighted by atomic mass is 35.5. The van der Waals surface area contributed by atoms with Crippen molar-refractivity contribution in [1.82, 2.24) is 5.32 Å². The van der Waals surface area contributed by atoms with Crippen molar-refractivity contribution in [3.63, 3.8) is 0 Å². The van der Waals surface area contributed by atoms with Crippen LogP contribution in [0.1, 0.15) is 37.4 Å². The first-order valence-corrected chi connectivity index (χ1v) is 6.90. The number of aliphatic hydroxyl groups excluding tert-OH is 2. The lowest BCUT2D eigenvalue weighted by atomic mass is 9.92. The van der Waals surface area contributed by atoms with E-state index in [1.165, 1.54) is 0 Å². The van der Waals surface area contributed by atoms with Gasteiger partial charge in [0.25, 0.3) is 0 Å². The van der Waals surface area contributed by atoms with Gasteiger partial charge in [0.15, 0.2) is 0 Å². The summed E-state index contributed by atoms with van der Waals surface area (Å²) >= 11 is 6.03. The Morgan fingerprint density at radius 3 is 2.72 bits per heavy atom. The van der Waals surface area contributed by atoms with Gasteiger partial charge < -0.3 is 15.5 Å². The molecule has 1 aliphatic carbocycles. The first kappa shape index (κ1) is 13.8. The van der Waals surface area contributed by atoms with Gasteiger partial charge in [0.2, 0.25) is 0 Å². The number of hydrogen-bond donors (Lipinski definition) is 3. The average molecular weight is 270 g/mol. The molecule has 0 spiro atoms. The van der Waals surface area contributed by atoms with Crippen molar-refractivity contribution in [1.29, 1.82) is 0 Å². The summed E-state index contributed by atoms with van der Waals surface area (Å²) < 4.78 is 0. The minimum Gasteiger partial charge on any atom is -0.392 e. The second kappa shape index (κ2) is 6.53. The van der Waals surface area contributed by atoms with Gasteiger partial charge >= 0.3 is 0 Å². The van der Waals surface area contributed by atoms with Crippen molar-refractivity contribution < 1.29 is 10.2 Å². The molecule has 3 N–H and O–H groups in total. The van der Waals surface area contributed by atoms with Gasteiger partial charge in [0.05, 0.1) is 12.2 Å². The number of nitrogens with one attached hydrogen (secondary N) is 1. The lowest BCUT2D eigenvalue weighted by Gasteiger charge is -2.29. The van der Waals surface area contributed by atoms with Crippen LogP contribution in [0.5, 0.6) is 0 Å². The van der Waals surface area contributed by atoms with E-state index in [2.05, 4.69) is 5.32 Å². The summed E-state index contributed by atoms with van der Waals surface area (Å²) in [6.07, 6.45) is 3.12. The Bertz CT molecular complexity index is 386. The SMILES string of the molecule is OC(CNC1CCCCC1O)c1ccccc1Cl. The van der Waals surface area contributed by atoms with Crippen molar-refractivity contribution in [2.75, 3.05) is 6.54 Å². The summed E-state index contributed by atoms with van der Waals surface area (Å²) in [6, 6.07) is 7.40. The van der Waals surface area contributed by atoms with Crippen LogP contribution in [-0.4, -0.2) is 28.9 Å². The summed E-state index contributed by atoms with van der Waals surface area (Å²) in [5.74, 6) is 0. The van der Waals surface area contributed by atoms with Gasteiger partial charge in [0.1, 0.15) is 0 Å². The molecule has 1 aromatic rings. The Balaban J connectivity index is 1.88. The third-order valence-electron chi connectivity index (χ3n) is 3.57. The third-order valence-corrected chi connectivity index (χ3v) is 3.91. The molecule has 0 saturated heterocycles. The van der Waals surface area contributed by atoms with Gasteiger partial charge in [-0.05, 0) is 18.9 Å². The normalized spacial score (nSPS) is 25.9. The Morgan fingerprint density at radius 1 is 1.28 bits per heavy atom. The molecule has 1 aliphatic rings. The molecule has 1 fully saturated rings. The zero-order valence-electron chi connectivity index (χ0n) is 10.3. The predicted octanol–water partition coefficient (Wildman–Crippen LogP) is 2.27. The minimum absolute atomic E-state index is 0.0934. The highest BCUT2D eigenvalue weighted by Gasteiger charge is 2.23. The molecule has 1 saturated carbocycles. The van der Waals surface area contributed by atoms with Crippen molar-refractivity contribution in [3.05, 3.63) is 34.9 Å². The maximum absolute atomic E-state index is 10.1. The molecule has 3 unspecified atom stereocenters. The second-order valence-corrected chi connectivity index (χ2v) is 5.31. The fraction of sp³-hybridized carbons (Fsp3) is 0.571. The molecule has 0 bridgehead atoms. The summed E-state index contributed by atoms with van der Waals surface area (Å²) in [7, 11) is 0. The number of rotatable bonds is 4. The zero-order chi connectivity index (χ0) is 13.0. The molecule has 3 nitrogen and oxygen atoms in total. The van der Waals surface area contributed by atoms with Crippen LogP contribution in [0, 0.1) is 0 Å². The van der Waals surface area contributed by atoms with Gasteiger partial charge in [-0.1, -0.05) is 42.6 Å². The van der Waals surface area contributed by atoms with Crippen LogP contribution in [-0.2, 0) is 0 Å². The van der Waals surface area contributed by atoms with Gasteiger partial charge in [-0.15, -0.1) is 0 Å². The number of benzene rings is 1. The molecule has 2 rings (SSSR count). The molecule has 18 heavy (non-hydrogen) atoms. The molecule has 0 aromatic heterocycles. The van der Waals surface area contributed by atoms with Crippen LogP contribution in [0.2, 0.25) is 5.02 Å². The van der Waals surface area contributed by atoms with E-state index < -0.39 is 6.10 Å². The lowest BCUT2D eigenvalue weighted by Crippen LogP contribution is -2.43. The van der Waals surface area contributed by atoms with E-state index in [0.29, 0.717) is 11.6 Å². The molecular weight excluding hydrogens is 250 g/mol. The molecule has 3 atom stereocenters. The van der Waals surface area contributed by atoms with E-state index in [9.17, 15) is 10.2 Å². The van der Waals surface area contributed by atoms with E-state index in [0.717, 1.165) is 31.2 Å². The Labute approximate surface area is 113 Å². The highest BCUT2D eigenvalue weighted by Crippen LogP contribution is 2.23. The molecule has 1 aromatic carbocycles. The van der Waals surface area contributed by atoms with Crippen LogP contribution < -0.4 is 5.32 Å².